The molecular weight excluding hydrogens is 397 g/mol. The fourth-order valence-electron chi connectivity index (χ4n) is 2.88. The fourth-order valence-corrected chi connectivity index (χ4v) is 2.88. The molecule has 8 heteroatoms. The van der Waals surface area contributed by atoms with Crippen molar-refractivity contribution in [2.45, 2.75) is 6.18 Å². The van der Waals surface area contributed by atoms with Gasteiger partial charge < -0.3 is 9.15 Å². The highest BCUT2D eigenvalue weighted by Gasteiger charge is 2.30. The molecule has 4 rings (SSSR count). The van der Waals surface area contributed by atoms with E-state index in [2.05, 4.69) is 10.2 Å². The molecule has 150 valence electrons. The average molecular weight is 410 g/mol. The van der Waals surface area contributed by atoms with Crippen LogP contribution in [0.25, 0.3) is 22.6 Å². The van der Waals surface area contributed by atoms with Crippen molar-refractivity contribution in [2.24, 2.45) is 0 Å². The van der Waals surface area contributed by atoms with Gasteiger partial charge in [0.15, 0.2) is 0 Å². The highest BCUT2D eigenvalue weighted by molar-refractivity contribution is 5.98. The van der Waals surface area contributed by atoms with E-state index in [1.54, 1.807) is 48.5 Å². The molecule has 0 amide bonds. The van der Waals surface area contributed by atoms with E-state index >= 15 is 0 Å². The van der Waals surface area contributed by atoms with Crippen molar-refractivity contribution in [1.29, 1.82) is 0 Å². The number of rotatable bonds is 4. The number of nitrogens with zero attached hydrogens (tertiary/aromatic N) is 2. The Kier molecular flexibility index (Phi) is 5.05. The maximum Gasteiger partial charge on any atom is 0.416 e. The Hall–Kier alpha value is -3.94. The summed E-state index contributed by atoms with van der Waals surface area (Å²) in [6.07, 6.45) is -3.22. The van der Waals surface area contributed by atoms with Crippen LogP contribution in [0.2, 0.25) is 0 Å². The van der Waals surface area contributed by atoms with Crippen LogP contribution in [-0.4, -0.2) is 16.2 Å². The van der Waals surface area contributed by atoms with Crippen LogP contribution in [-0.2, 0) is 6.18 Å². The molecule has 1 aromatic heterocycles. The van der Waals surface area contributed by atoms with Crippen molar-refractivity contribution in [3.8, 4) is 28.3 Å². The van der Waals surface area contributed by atoms with Crippen LogP contribution >= 0.6 is 0 Å². The van der Waals surface area contributed by atoms with Gasteiger partial charge in [-0.25, -0.2) is 4.79 Å². The number of aromatic nitrogens is 2. The molecule has 0 unspecified atom stereocenters. The van der Waals surface area contributed by atoms with E-state index in [1.165, 1.54) is 18.5 Å². The minimum atomic E-state index is -4.43. The predicted molar refractivity (Wildman–Crippen MR) is 102 cm³/mol. The molecule has 0 saturated heterocycles. The number of carbonyl (C=O) groups is 1. The fraction of sp³-hybridized carbons (Fsp3) is 0.0455. The van der Waals surface area contributed by atoms with Gasteiger partial charge in [0, 0.05) is 5.56 Å². The summed E-state index contributed by atoms with van der Waals surface area (Å²) in [5.41, 5.74) is 1.09. The molecule has 0 aliphatic carbocycles. The largest absolute Gasteiger partial charge is 0.423 e. The lowest BCUT2D eigenvalue weighted by atomic mass is 9.98. The standard InChI is InChI=1S/C22H13F3N2O3/c23-22(24,25)16-9-5-14(6-10-16)18-3-1-2-4-19(18)21(28)30-17-11-7-15(8-12-17)20-27-26-13-29-20/h1-13H. The van der Waals surface area contributed by atoms with Gasteiger partial charge in [-0.15, -0.1) is 10.2 Å². The second kappa shape index (κ2) is 7.82. The quantitative estimate of drug-likeness (QED) is 0.322. The van der Waals surface area contributed by atoms with E-state index < -0.39 is 17.7 Å². The Balaban J connectivity index is 1.57. The molecule has 0 atom stereocenters. The molecule has 0 N–H and O–H groups in total. The second-order valence-corrected chi connectivity index (χ2v) is 6.28. The Bertz CT molecular complexity index is 1150. The van der Waals surface area contributed by atoms with Crippen molar-refractivity contribution < 1.29 is 27.1 Å². The molecule has 0 aliphatic heterocycles. The van der Waals surface area contributed by atoms with Gasteiger partial charge in [0.2, 0.25) is 12.3 Å². The Labute approximate surface area is 168 Å². The molecule has 1 heterocycles. The Morgan fingerprint density at radius 3 is 2.17 bits per heavy atom. The summed E-state index contributed by atoms with van der Waals surface area (Å²) in [4.78, 5) is 12.7. The molecule has 3 aromatic carbocycles. The lowest BCUT2D eigenvalue weighted by Gasteiger charge is -2.11. The zero-order valence-electron chi connectivity index (χ0n) is 15.3. The summed E-state index contributed by atoms with van der Waals surface area (Å²) >= 11 is 0. The summed E-state index contributed by atoms with van der Waals surface area (Å²) in [7, 11) is 0. The van der Waals surface area contributed by atoms with E-state index in [1.807, 2.05) is 0 Å². The van der Waals surface area contributed by atoms with Crippen LogP contribution in [0, 0.1) is 0 Å². The highest BCUT2D eigenvalue weighted by atomic mass is 19.4. The van der Waals surface area contributed by atoms with Crippen LogP contribution in [0.15, 0.2) is 83.6 Å². The molecule has 0 aliphatic rings. The molecule has 0 radical (unpaired) electrons. The smallest absolute Gasteiger partial charge is 0.416 e. The number of halogens is 3. The van der Waals surface area contributed by atoms with Crippen LogP contribution in [0.1, 0.15) is 15.9 Å². The molecule has 0 spiro atoms. The van der Waals surface area contributed by atoms with E-state index in [9.17, 15) is 18.0 Å². The molecule has 0 bridgehead atoms. The summed E-state index contributed by atoms with van der Waals surface area (Å²) in [6, 6.07) is 17.7. The number of esters is 1. The molecule has 0 saturated carbocycles. The molecular formula is C22H13F3N2O3. The van der Waals surface area contributed by atoms with Crippen molar-refractivity contribution in [1.82, 2.24) is 10.2 Å². The zero-order chi connectivity index (χ0) is 21.1. The van der Waals surface area contributed by atoms with Gasteiger partial charge in [-0.2, -0.15) is 13.2 Å². The second-order valence-electron chi connectivity index (χ2n) is 6.28. The minimum Gasteiger partial charge on any atom is -0.423 e. The van der Waals surface area contributed by atoms with Gasteiger partial charge in [0.1, 0.15) is 5.75 Å². The summed E-state index contributed by atoms with van der Waals surface area (Å²) in [5.74, 6) is 0.00190. The van der Waals surface area contributed by atoms with Crippen LogP contribution < -0.4 is 4.74 Å². The van der Waals surface area contributed by atoms with E-state index in [0.717, 1.165) is 12.1 Å². The minimum absolute atomic E-state index is 0.234. The number of alkyl halides is 3. The number of benzene rings is 3. The third-order valence-corrected chi connectivity index (χ3v) is 4.34. The van der Waals surface area contributed by atoms with Gasteiger partial charge in [-0.05, 0) is 53.6 Å². The van der Waals surface area contributed by atoms with Crippen LogP contribution in [0.3, 0.4) is 0 Å². The van der Waals surface area contributed by atoms with E-state index in [4.69, 9.17) is 9.15 Å². The third kappa shape index (κ3) is 4.07. The van der Waals surface area contributed by atoms with Crippen molar-refractivity contribution in [2.75, 3.05) is 0 Å². The molecule has 0 fully saturated rings. The Morgan fingerprint density at radius 1 is 0.867 bits per heavy atom. The normalized spacial score (nSPS) is 11.3. The van der Waals surface area contributed by atoms with Crippen molar-refractivity contribution >= 4 is 5.97 Å². The van der Waals surface area contributed by atoms with Crippen molar-refractivity contribution in [3.63, 3.8) is 0 Å². The van der Waals surface area contributed by atoms with Crippen molar-refractivity contribution in [3.05, 3.63) is 90.3 Å². The van der Waals surface area contributed by atoms with Gasteiger partial charge in [0.05, 0.1) is 11.1 Å². The first-order valence-corrected chi connectivity index (χ1v) is 8.77. The highest BCUT2D eigenvalue weighted by Crippen LogP contribution is 2.32. The first kappa shape index (κ1) is 19.4. The first-order valence-electron chi connectivity index (χ1n) is 8.77. The van der Waals surface area contributed by atoms with Gasteiger partial charge in [-0.1, -0.05) is 30.3 Å². The van der Waals surface area contributed by atoms with E-state index in [-0.39, 0.29) is 5.56 Å². The van der Waals surface area contributed by atoms with Crippen LogP contribution in [0.4, 0.5) is 13.2 Å². The summed E-state index contributed by atoms with van der Waals surface area (Å²) < 4.78 is 48.9. The topological polar surface area (TPSA) is 65.2 Å². The number of carbonyl (C=O) groups excluding carboxylic acids is 1. The first-order chi connectivity index (χ1) is 14.4. The third-order valence-electron chi connectivity index (χ3n) is 4.34. The maximum atomic E-state index is 12.8. The summed E-state index contributed by atoms with van der Waals surface area (Å²) in [5, 5.41) is 7.40. The molecule has 30 heavy (non-hydrogen) atoms. The lowest BCUT2D eigenvalue weighted by Crippen LogP contribution is -2.10. The molecule has 4 aromatic rings. The van der Waals surface area contributed by atoms with Gasteiger partial charge in [-0.3, -0.25) is 0 Å². The SMILES string of the molecule is O=C(Oc1ccc(-c2nnco2)cc1)c1ccccc1-c1ccc(C(F)(F)F)cc1. The predicted octanol–water partition coefficient (Wildman–Crippen LogP) is 5.64. The maximum absolute atomic E-state index is 12.8. The molecule has 5 nitrogen and oxygen atoms in total. The Morgan fingerprint density at radius 2 is 1.53 bits per heavy atom. The van der Waals surface area contributed by atoms with Gasteiger partial charge in [0.25, 0.3) is 0 Å². The summed E-state index contributed by atoms with van der Waals surface area (Å²) in [6.45, 7) is 0. The number of hydrogen-bond donors (Lipinski definition) is 0. The van der Waals surface area contributed by atoms with Crippen LogP contribution in [0.5, 0.6) is 5.75 Å². The zero-order valence-corrected chi connectivity index (χ0v) is 15.3. The lowest BCUT2D eigenvalue weighted by molar-refractivity contribution is -0.137. The number of hydrogen-bond acceptors (Lipinski definition) is 5. The van der Waals surface area contributed by atoms with Gasteiger partial charge >= 0.3 is 12.1 Å². The average Bonchev–Trinajstić information content (AvgIpc) is 3.29. The monoisotopic (exact) mass is 410 g/mol. The number of ether oxygens (including phenoxy) is 1. The van der Waals surface area contributed by atoms with E-state index in [0.29, 0.717) is 28.3 Å².